The number of hydrogen-bond donors (Lipinski definition) is 1. The molecule has 2 aromatic rings. The summed E-state index contributed by atoms with van der Waals surface area (Å²) in [5.41, 5.74) is 2.30. The Balaban J connectivity index is 2.07. The van der Waals surface area contributed by atoms with E-state index in [9.17, 15) is 9.90 Å². The van der Waals surface area contributed by atoms with Gasteiger partial charge < -0.3 is 5.11 Å². The highest BCUT2D eigenvalue weighted by Gasteiger charge is 2.19. The van der Waals surface area contributed by atoms with Gasteiger partial charge in [0.25, 0.3) is 0 Å². The minimum atomic E-state index is -0.797. The molecule has 0 amide bonds. The Hall–Kier alpha value is -1.45. The molecular weight excluding hydrogens is 304 g/mol. The fourth-order valence-corrected chi connectivity index (χ4v) is 3.11. The molecule has 0 aliphatic rings. The van der Waals surface area contributed by atoms with E-state index in [0.717, 1.165) is 16.9 Å². The molecule has 1 atom stereocenters. The van der Waals surface area contributed by atoms with Crippen molar-refractivity contribution in [2.45, 2.75) is 29.9 Å². The zero-order valence-corrected chi connectivity index (χ0v) is 13.3. The lowest BCUT2D eigenvalue weighted by Crippen LogP contribution is -2.19. The molecule has 0 aliphatic heterocycles. The van der Waals surface area contributed by atoms with E-state index in [0.29, 0.717) is 11.4 Å². The first-order valence-electron chi connectivity index (χ1n) is 6.81. The van der Waals surface area contributed by atoms with E-state index in [4.69, 9.17) is 11.6 Å². The van der Waals surface area contributed by atoms with Gasteiger partial charge in [0.2, 0.25) is 0 Å². The van der Waals surface area contributed by atoms with Crippen molar-refractivity contribution >= 4 is 29.3 Å². The highest BCUT2D eigenvalue weighted by Crippen LogP contribution is 2.27. The molecule has 4 heteroatoms. The number of carboxylic acid groups (broad SMARTS) is 1. The fraction of sp³-hybridized carbons (Fsp3) is 0.235. The largest absolute Gasteiger partial charge is 0.480 e. The van der Waals surface area contributed by atoms with Crippen molar-refractivity contribution in [3.63, 3.8) is 0 Å². The average Bonchev–Trinajstić information content (AvgIpc) is 2.49. The molecule has 110 valence electrons. The zero-order chi connectivity index (χ0) is 15.2. The molecule has 0 unspecified atom stereocenters. The summed E-state index contributed by atoms with van der Waals surface area (Å²) in [6.07, 6.45) is 1.49. The van der Waals surface area contributed by atoms with Crippen LogP contribution in [0.4, 0.5) is 0 Å². The van der Waals surface area contributed by atoms with Crippen LogP contribution in [0.5, 0.6) is 0 Å². The van der Waals surface area contributed by atoms with Crippen molar-refractivity contribution in [3.05, 3.63) is 64.7 Å². The average molecular weight is 321 g/mol. The van der Waals surface area contributed by atoms with Crippen molar-refractivity contribution in [1.82, 2.24) is 0 Å². The van der Waals surface area contributed by atoms with Crippen LogP contribution in [-0.2, 0) is 17.6 Å². The maximum absolute atomic E-state index is 11.5. The van der Waals surface area contributed by atoms with Crippen molar-refractivity contribution in [2.75, 3.05) is 0 Å². The lowest BCUT2D eigenvalue weighted by atomic mass is 10.1. The second kappa shape index (κ2) is 7.53. The molecule has 2 nitrogen and oxygen atoms in total. The van der Waals surface area contributed by atoms with E-state index in [1.54, 1.807) is 12.1 Å². The molecule has 0 saturated carbocycles. The Morgan fingerprint density at radius 1 is 1.10 bits per heavy atom. The van der Waals surface area contributed by atoms with Crippen molar-refractivity contribution in [3.8, 4) is 0 Å². The number of aliphatic carboxylic acids is 1. The standard InChI is InChI=1S/C17H17ClO2S/c1-2-12-3-5-13(6-4-12)11-16(17(19)20)21-15-9-7-14(18)8-10-15/h3-10,16H,2,11H2,1H3,(H,19,20)/t16-/m0/s1. The number of aryl methyl sites for hydroxylation is 1. The third kappa shape index (κ3) is 4.80. The highest BCUT2D eigenvalue weighted by molar-refractivity contribution is 8.00. The lowest BCUT2D eigenvalue weighted by Gasteiger charge is -2.12. The third-order valence-corrected chi connectivity index (χ3v) is 4.67. The molecule has 0 aliphatic carbocycles. The Kier molecular flexibility index (Phi) is 5.71. The molecular formula is C17H17ClO2S. The summed E-state index contributed by atoms with van der Waals surface area (Å²) < 4.78 is 0. The normalized spacial score (nSPS) is 12.1. The van der Waals surface area contributed by atoms with Gasteiger partial charge in [0.05, 0.1) is 0 Å². The van der Waals surface area contributed by atoms with Crippen LogP contribution in [0.3, 0.4) is 0 Å². The topological polar surface area (TPSA) is 37.3 Å². The van der Waals surface area contributed by atoms with Gasteiger partial charge in [0.1, 0.15) is 5.25 Å². The molecule has 0 spiro atoms. The molecule has 2 rings (SSSR count). The first-order valence-corrected chi connectivity index (χ1v) is 8.07. The predicted molar refractivity (Wildman–Crippen MR) is 88.3 cm³/mol. The zero-order valence-electron chi connectivity index (χ0n) is 11.8. The van der Waals surface area contributed by atoms with Crippen molar-refractivity contribution in [2.24, 2.45) is 0 Å². The molecule has 0 bridgehead atoms. The van der Waals surface area contributed by atoms with Gasteiger partial charge in [-0.2, -0.15) is 0 Å². The van der Waals surface area contributed by atoms with Crippen LogP contribution >= 0.6 is 23.4 Å². The van der Waals surface area contributed by atoms with Gasteiger partial charge in [-0.05, 0) is 48.2 Å². The first kappa shape index (κ1) is 15.9. The van der Waals surface area contributed by atoms with Crippen LogP contribution in [0.25, 0.3) is 0 Å². The van der Waals surface area contributed by atoms with E-state index >= 15 is 0 Å². The fourth-order valence-electron chi connectivity index (χ4n) is 1.98. The number of halogens is 1. The lowest BCUT2D eigenvalue weighted by molar-refractivity contribution is -0.136. The van der Waals surface area contributed by atoms with Gasteiger partial charge in [-0.15, -0.1) is 11.8 Å². The van der Waals surface area contributed by atoms with Crippen molar-refractivity contribution in [1.29, 1.82) is 0 Å². The summed E-state index contributed by atoms with van der Waals surface area (Å²) >= 11 is 7.20. The molecule has 2 aromatic carbocycles. The molecule has 0 fully saturated rings. The van der Waals surface area contributed by atoms with Crippen LogP contribution in [0.1, 0.15) is 18.1 Å². The minimum absolute atomic E-state index is 0.501. The van der Waals surface area contributed by atoms with E-state index in [2.05, 4.69) is 19.1 Å². The van der Waals surface area contributed by atoms with Gasteiger partial charge >= 0.3 is 5.97 Å². The molecule has 1 N–H and O–H groups in total. The number of thioether (sulfide) groups is 1. The Morgan fingerprint density at radius 2 is 1.67 bits per heavy atom. The molecule has 0 aromatic heterocycles. The Labute approximate surface area is 134 Å². The SMILES string of the molecule is CCc1ccc(C[C@H](Sc2ccc(Cl)cc2)C(=O)O)cc1. The molecule has 0 radical (unpaired) electrons. The van der Waals surface area contributed by atoms with Crippen LogP contribution in [0, 0.1) is 0 Å². The number of carbonyl (C=O) groups is 1. The smallest absolute Gasteiger partial charge is 0.317 e. The number of rotatable bonds is 6. The maximum Gasteiger partial charge on any atom is 0.317 e. The Morgan fingerprint density at radius 3 is 2.19 bits per heavy atom. The van der Waals surface area contributed by atoms with E-state index in [-0.39, 0.29) is 0 Å². The van der Waals surface area contributed by atoms with Crippen LogP contribution in [-0.4, -0.2) is 16.3 Å². The number of benzene rings is 2. The van der Waals surface area contributed by atoms with Gasteiger partial charge in [-0.25, -0.2) is 0 Å². The molecule has 21 heavy (non-hydrogen) atoms. The van der Waals surface area contributed by atoms with Crippen LogP contribution in [0.2, 0.25) is 5.02 Å². The van der Waals surface area contributed by atoms with Crippen LogP contribution < -0.4 is 0 Å². The van der Waals surface area contributed by atoms with Crippen LogP contribution in [0.15, 0.2) is 53.4 Å². The van der Waals surface area contributed by atoms with E-state index in [1.165, 1.54) is 17.3 Å². The quantitative estimate of drug-likeness (QED) is 0.784. The summed E-state index contributed by atoms with van der Waals surface area (Å²) in [5.74, 6) is -0.797. The summed E-state index contributed by atoms with van der Waals surface area (Å²) in [5, 5.41) is 9.56. The summed E-state index contributed by atoms with van der Waals surface area (Å²) in [4.78, 5) is 12.4. The van der Waals surface area contributed by atoms with E-state index in [1.807, 2.05) is 24.3 Å². The molecule has 0 heterocycles. The molecule has 0 saturated heterocycles. The summed E-state index contributed by atoms with van der Waals surface area (Å²) in [7, 11) is 0. The maximum atomic E-state index is 11.5. The second-order valence-corrected chi connectivity index (χ2v) is 6.49. The highest BCUT2D eigenvalue weighted by atomic mass is 35.5. The van der Waals surface area contributed by atoms with E-state index < -0.39 is 11.2 Å². The monoisotopic (exact) mass is 320 g/mol. The predicted octanol–water partition coefficient (Wildman–Crippen LogP) is 4.69. The number of hydrogen-bond acceptors (Lipinski definition) is 2. The van der Waals surface area contributed by atoms with Crippen molar-refractivity contribution < 1.29 is 9.90 Å². The van der Waals surface area contributed by atoms with Gasteiger partial charge in [-0.3, -0.25) is 4.79 Å². The van der Waals surface area contributed by atoms with Gasteiger partial charge in [0.15, 0.2) is 0 Å². The summed E-state index contributed by atoms with van der Waals surface area (Å²) in [6.45, 7) is 2.10. The minimum Gasteiger partial charge on any atom is -0.480 e. The van der Waals surface area contributed by atoms with Gasteiger partial charge in [-0.1, -0.05) is 42.8 Å². The first-order chi connectivity index (χ1) is 10.1. The Bertz CT molecular complexity index is 593. The number of carboxylic acids is 1. The second-order valence-electron chi connectivity index (χ2n) is 4.77. The summed E-state index contributed by atoms with van der Waals surface area (Å²) in [6, 6.07) is 15.4. The third-order valence-electron chi connectivity index (χ3n) is 3.22. The van der Waals surface area contributed by atoms with Gasteiger partial charge in [0, 0.05) is 9.92 Å².